The van der Waals surface area contributed by atoms with E-state index in [4.69, 9.17) is 15.7 Å². The van der Waals surface area contributed by atoms with Gasteiger partial charge in [0.1, 0.15) is 16.3 Å². The Labute approximate surface area is 109 Å². The zero-order valence-electron chi connectivity index (χ0n) is 10.4. The van der Waals surface area contributed by atoms with Gasteiger partial charge >= 0.3 is 6.09 Å². The van der Waals surface area contributed by atoms with E-state index in [2.05, 4.69) is 15.5 Å². The Morgan fingerprint density at radius 3 is 2.89 bits per heavy atom. The summed E-state index contributed by atoms with van der Waals surface area (Å²) in [6, 6.07) is 0. The lowest BCUT2D eigenvalue weighted by Crippen LogP contribution is -2.32. The summed E-state index contributed by atoms with van der Waals surface area (Å²) in [4.78, 5) is 15.5. The number of thiazole rings is 1. The number of nitrogens with zero attached hydrogens (tertiary/aromatic N) is 2. The number of oxime groups is 1. The second-order valence-electron chi connectivity index (χ2n) is 4.47. The standard InChI is InChI=1S/C10H16N4O3S/c1-10(2,3)17-9(15)12-4-7-13-6(5-18-7)8(11)14-16/h5,16H,4H2,1-3H3,(H2,11,14)(H,12,15). The van der Waals surface area contributed by atoms with E-state index in [0.29, 0.717) is 10.7 Å². The van der Waals surface area contributed by atoms with Crippen molar-refractivity contribution in [3.8, 4) is 0 Å². The van der Waals surface area contributed by atoms with Gasteiger partial charge in [0, 0.05) is 5.38 Å². The molecule has 18 heavy (non-hydrogen) atoms. The third-order valence-corrected chi connectivity index (χ3v) is 2.55. The fraction of sp³-hybridized carbons (Fsp3) is 0.500. The van der Waals surface area contributed by atoms with Crippen LogP contribution in [0, 0.1) is 0 Å². The first-order valence-electron chi connectivity index (χ1n) is 5.21. The second kappa shape index (κ2) is 5.67. The number of carbonyl (C=O) groups is 1. The average Bonchev–Trinajstić information content (AvgIpc) is 2.71. The monoisotopic (exact) mass is 272 g/mol. The predicted octanol–water partition coefficient (Wildman–Crippen LogP) is 1.26. The van der Waals surface area contributed by atoms with Gasteiger partial charge in [-0.25, -0.2) is 9.78 Å². The Morgan fingerprint density at radius 1 is 1.67 bits per heavy atom. The molecule has 0 spiro atoms. The number of nitrogens with one attached hydrogen (secondary N) is 1. The van der Waals surface area contributed by atoms with Crippen molar-refractivity contribution in [2.75, 3.05) is 0 Å². The molecule has 0 fully saturated rings. The number of rotatable bonds is 3. The highest BCUT2D eigenvalue weighted by atomic mass is 32.1. The lowest BCUT2D eigenvalue weighted by atomic mass is 10.2. The van der Waals surface area contributed by atoms with Gasteiger partial charge in [-0.3, -0.25) is 0 Å². The number of amidine groups is 1. The van der Waals surface area contributed by atoms with Gasteiger partial charge in [-0.15, -0.1) is 11.3 Å². The Bertz CT molecular complexity index is 450. The van der Waals surface area contributed by atoms with E-state index in [-0.39, 0.29) is 12.4 Å². The van der Waals surface area contributed by atoms with E-state index in [9.17, 15) is 4.79 Å². The van der Waals surface area contributed by atoms with Crippen LogP contribution in [0.2, 0.25) is 0 Å². The van der Waals surface area contributed by atoms with Crippen LogP contribution in [0.15, 0.2) is 10.5 Å². The first-order valence-corrected chi connectivity index (χ1v) is 6.09. The molecule has 0 radical (unpaired) electrons. The molecule has 0 bridgehead atoms. The minimum absolute atomic E-state index is 0.0604. The molecule has 0 atom stereocenters. The fourth-order valence-corrected chi connectivity index (χ4v) is 1.75. The molecule has 0 aliphatic heterocycles. The Hall–Kier alpha value is -1.83. The van der Waals surface area contributed by atoms with Gasteiger partial charge < -0.3 is 21.0 Å². The number of ether oxygens (including phenoxy) is 1. The van der Waals surface area contributed by atoms with Gasteiger partial charge in [0.25, 0.3) is 0 Å². The number of hydrogen-bond acceptors (Lipinski definition) is 6. The highest BCUT2D eigenvalue weighted by Gasteiger charge is 2.16. The predicted molar refractivity (Wildman–Crippen MR) is 67.7 cm³/mol. The maximum Gasteiger partial charge on any atom is 0.408 e. The van der Waals surface area contributed by atoms with E-state index < -0.39 is 11.7 Å². The highest BCUT2D eigenvalue weighted by molar-refractivity contribution is 7.09. The molecule has 1 aromatic rings. The van der Waals surface area contributed by atoms with E-state index in [1.54, 1.807) is 26.2 Å². The number of aromatic nitrogens is 1. The smallest absolute Gasteiger partial charge is 0.408 e. The van der Waals surface area contributed by atoms with Gasteiger partial charge in [0.15, 0.2) is 5.84 Å². The molecule has 0 unspecified atom stereocenters. The molecule has 0 aromatic carbocycles. The van der Waals surface area contributed by atoms with Crippen molar-refractivity contribution in [1.82, 2.24) is 10.3 Å². The molecule has 4 N–H and O–H groups in total. The summed E-state index contributed by atoms with van der Waals surface area (Å²) < 4.78 is 5.07. The molecule has 0 aliphatic rings. The van der Waals surface area contributed by atoms with Gasteiger partial charge in [-0.05, 0) is 20.8 Å². The molecule has 1 rings (SSSR count). The van der Waals surface area contributed by atoms with Crippen LogP contribution in [-0.4, -0.2) is 27.7 Å². The molecule has 1 heterocycles. The zero-order valence-corrected chi connectivity index (χ0v) is 11.2. The summed E-state index contributed by atoms with van der Waals surface area (Å²) in [5, 5.41) is 16.2. The molecule has 1 aromatic heterocycles. The fourth-order valence-electron chi connectivity index (χ4n) is 1.02. The normalized spacial score (nSPS) is 12.3. The van der Waals surface area contributed by atoms with Crippen LogP contribution in [0.4, 0.5) is 4.79 Å². The lowest BCUT2D eigenvalue weighted by Gasteiger charge is -2.19. The maximum atomic E-state index is 11.4. The maximum absolute atomic E-state index is 11.4. The van der Waals surface area contributed by atoms with Crippen molar-refractivity contribution in [2.24, 2.45) is 10.9 Å². The van der Waals surface area contributed by atoms with Crippen molar-refractivity contribution in [3.63, 3.8) is 0 Å². The van der Waals surface area contributed by atoms with Crippen LogP contribution in [0.5, 0.6) is 0 Å². The summed E-state index contributed by atoms with van der Waals surface area (Å²) in [6.07, 6.45) is -0.511. The minimum Gasteiger partial charge on any atom is -0.444 e. The summed E-state index contributed by atoms with van der Waals surface area (Å²) in [5.41, 5.74) is 5.22. The van der Waals surface area contributed by atoms with Crippen LogP contribution in [-0.2, 0) is 11.3 Å². The Kier molecular flexibility index (Phi) is 4.49. The molecule has 7 nitrogen and oxygen atoms in total. The second-order valence-corrected chi connectivity index (χ2v) is 5.41. The SMILES string of the molecule is CC(C)(C)OC(=O)NCc1nc(/C(N)=N/O)cs1. The summed E-state index contributed by atoms with van der Waals surface area (Å²) in [7, 11) is 0. The molecular weight excluding hydrogens is 256 g/mol. The van der Waals surface area contributed by atoms with Crippen LogP contribution >= 0.6 is 11.3 Å². The number of hydrogen-bond donors (Lipinski definition) is 3. The first-order chi connectivity index (χ1) is 8.31. The van der Waals surface area contributed by atoms with Crippen LogP contribution in [0.3, 0.4) is 0 Å². The highest BCUT2D eigenvalue weighted by Crippen LogP contribution is 2.10. The average molecular weight is 272 g/mol. The van der Waals surface area contributed by atoms with Crippen molar-refractivity contribution in [2.45, 2.75) is 32.9 Å². The van der Waals surface area contributed by atoms with Gasteiger partial charge in [-0.1, -0.05) is 5.16 Å². The van der Waals surface area contributed by atoms with Crippen molar-refractivity contribution in [1.29, 1.82) is 0 Å². The topological polar surface area (TPSA) is 110 Å². The first kappa shape index (κ1) is 14.2. The zero-order chi connectivity index (χ0) is 13.8. The third kappa shape index (κ3) is 4.58. The summed E-state index contributed by atoms with van der Waals surface area (Å²) >= 11 is 1.30. The van der Waals surface area contributed by atoms with E-state index >= 15 is 0 Å². The van der Waals surface area contributed by atoms with Gasteiger partial charge in [-0.2, -0.15) is 0 Å². The quantitative estimate of drug-likeness (QED) is 0.332. The van der Waals surface area contributed by atoms with Crippen LogP contribution < -0.4 is 11.1 Å². The van der Waals surface area contributed by atoms with E-state index in [0.717, 1.165) is 0 Å². The largest absolute Gasteiger partial charge is 0.444 e. The molecular formula is C10H16N4O3S. The van der Waals surface area contributed by atoms with Crippen LogP contribution in [0.25, 0.3) is 0 Å². The number of carbonyl (C=O) groups excluding carboxylic acids is 1. The van der Waals surface area contributed by atoms with E-state index in [1.165, 1.54) is 11.3 Å². The van der Waals surface area contributed by atoms with E-state index in [1.807, 2.05) is 0 Å². The van der Waals surface area contributed by atoms with Gasteiger partial charge in [0.2, 0.25) is 0 Å². The minimum atomic E-state index is -0.536. The number of nitrogens with two attached hydrogens (primary N) is 1. The van der Waals surface area contributed by atoms with Crippen molar-refractivity contribution < 1.29 is 14.7 Å². The van der Waals surface area contributed by atoms with Crippen LogP contribution in [0.1, 0.15) is 31.5 Å². The Morgan fingerprint density at radius 2 is 2.33 bits per heavy atom. The third-order valence-electron chi connectivity index (χ3n) is 1.70. The molecule has 1 amide bonds. The molecule has 8 heteroatoms. The summed E-state index contributed by atoms with van der Waals surface area (Å²) in [6.45, 7) is 5.59. The lowest BCUT2D eigenvalue weighted by molar-refractivity contribution is 0.0523. The molecule has 0 saturated heterocycles. The molecule has 0 saturated carbocycles. The van der Waals surface area contributed by atoms with Gasteiger partial charge in [0.05, 0.1) is 6.54 Å². The molecule has 0 aliphatic carbocycles. The Balaban J connectivity index is 2.49. The van der Waals surface area contributed by atoms with Crippen molar-refractivity contribution in [3.05, 3.63) is 16.1 Å². The number of alkyl carbamates (subject to hydrolysis) is 1. The van der Waals surface area contributed by atoms with Crippen molar-refractivity contribution >= 4 is 23.3 Å². The molecule has 100 valence electrons. The summed E-state index contributed by atoms with van der Waals surface area (Å²) in [5.74, 6) is -0.0604. The number of amides is 1.